The summed E-state index contributed by atoms with van der Waals surface area (Å²) in [5.41, 5.74) is 1.29. The van der Waals surface area contributed by atoms with E-state index in [0.29, 0.717) is 0 Å². The zero-order valence-electron chi connectivity index (χ0n) is 9.38. The molecule has 0 N–H and O–H groups in total. The maximum absolute atomic E-state index is 10.5. The maximum atomic E-state index is 10.5. The first-order valence-electron chi connectivity index (χ1n) is 5.27. The van der Waals surface area contributed by atoms with Gasteiger partial charge < -0.3 is 0 Å². The first kappa shape index (κ1) is 12.9. The smallest absolute Gasteiger partial charge is 0.258 e. The number of halogens is 1. The Bertz CT molecular complexity index is 540. The van der Waals surface area contributed by atoms with Crippen molar-refractivity contribution in [2.75, 3.05) is 0 Å². The third-order valence-electron chi connectivity index (χ3n) is 2.37. The number of non-ortho nitro benzene ring substituents is 1. The van der Waals surface area contributed by atoms with Crippen molar-refractivity contribution in [1.29, 1.82) is 0 Å². The van der Waals surface area contributed by atoms with Gasteiger partial charge in [-0.15, -0.1) is 11.8 Å². The minimum Gasteiger partial charge on any atom is -0.258 e. The van der Waals surface area contributed by atoms with Crippen LogP contribution in [0.3, 0.4) is 0 Å². The first-order valence-corrected chi connectivity index (χ1v) is 6.63. The van der Waals surface area contributed by atoms with Crippen LogP contribution < -0.4 is 0 Å². The van der Waals surface area contributed by atoms with Crippen LogP contribution in [0.2, 0.25) is 5.02 Å². The summed E-state index contributed by atoms with van der Waals surface area (Å²) in [7, 11) is 0. The highest BCUT2D eigenvalue weighted by molar-refractivity contribution is 7.98. The van der Waals surface area contributed by atoms with Crippen molar-refractivity contribution >= 4 is 29.1 Å². The van der Waals surface area contributed by atoms with Gasteiger partial charge in [-0.05, 0) is 29.8 Å². The van der Waals surface area contributed by atoms with Crippen LogP contribution in [0, 0.1) is 10.1 Å². The predicted octanol–water partition coefficient (Wildman–Crippen LogP) is 4.54. The van der Waals surface area contributed by atoms with Crippen LogP contribution in [0.4, 0.5) is 5.69 Å². The fraction of sp³-hybridized carbons (Fsp3) is 0.0769. The monoisotopic (exact) mass is 279 g/mol. The zero-order chi connectivity index (χ0) is 13.0. The SMILES string of the molecule is O=[N+]([O-])c1ccc(SCc2ccc(Cl)cc2)cc1. The normalized spacial score (nSPS) is 10.3. The Kier molecular flexibility index (Phi) is 4.23. The molecule has 0 saturated carbocycles. The summed E-state index contributed by atoms with van der Waals surface area (Å²) in [6.45, 7) is 0. The van der Waals surface area contributed by atoms with Crippen LogP contribution in [0.15, 0.2) is 53.4 Å². The van der Waals surface area contributed by atoms with Crippen molar-refractivity contribution in [2.45, 2.75) is 10.6 Å². The van der Waals surface area contributed by atoms with Gasteiger partial charge in [0.25, 0.3) is 5.69 Å². The number of nitro benzene ring substituents is 1. The Morgan fingerprint density at radius 3 is 2.22 bits per heavy atom. The van der Waals surface area contributed by atoms with Crippen LogP contribution in [0.1, 0.15) is 5.56 Å². The van der Waals surface area contributed by atoms with Crippen molar-refractivity contribution in [3.8, 4) is 0 Å². The number of hydrogen-bond acceptors (Lipinski definition) is 3. The summed E-state index contributed by atoms with van der Waals surface area (Å²) in [6, 6.07) is 14.2. The molecule has 0 atom stereocenters. The van der Waals surface area contributed by atoms with Crippen molar-refractivity contribution in [3.05, 3.63) is 69.2 Å². The average molecular weight is 280 g/mol. The van der Waals surface area contributed by atoms with E-state index >= 15 is 0 Å². The van der Waals surface area contributed by atoms with Gasteiger partial charge >= 0.3 is 0 Å². The Morgan fingerprint density at radius 2 is 1.67 bits per heavy atom. The lowest BCUT2D eigenvalue weighted by molar-refractivity contribution is -0.384. The molecule has 0 fully saturated rings. The van der Waals surface area contributed by atoms with Crippen LogP contribution in [-0.2, 0) is 5.75 Å². The number of rotatable bonds is 4. The Labute approximate surface area is 114 Å². The second-order valence-corrected chi connectivity index (χ2v) is 5.15. The van der Waals surface area contributed by atoms with E-state index < -0.39 is 4.92 Å². The molecule has 92 valence electrons. The molecular weight excluding hydrogens is 270 g/mol. The molecule has 0 aliphatic carbocycles. The molecule has 0 aliphatic rings. The van der Waals surface area contributed by atoms with E-state index in [1.807, 2.05) is 24.3 Å². The predicted molar refractivity (Wildman–Crippen MR) is 74.1 cm³/mol. The van der Waals surface area contributed by atoms with E-state index in [1.165, 1.54) is 17.7 Å². The first-order chi connectivity index (χ1) is 8.65. The van der Waals surface area contributed by atoms with Gasteiger partial charge in [0.2, 0.25) is 0 Å². The molecule has 18 heavy (non-hydrogen) atoms. The van der Waals surface area contributed by atoms with Gasteiger partial charge in [0.1, 0.15) is 0 Å². The lowest BCUT2D eigenvalue weighted by Crippen LogP contribution is -1.86. The summed E-state index contributed by atoms with van der Waals surface area (Å²) in [5.74, 6) is 0.814. The summed E-state index contributed by atoms with van der Waals surface area (Å²) >= 11 is 7.44. The molecule has 0 radical (unpaired) electrons. The quantitative estimate of drug-likeness (QED) is 0.469. The second-order valence-electron chi connectivity index (χ2n) is 3.67. The molecule has 0 spiro atoms. The third kappa shape index (κ3) is 3.48. The minimum absolute atomic E-state index is 0.117. The second kappa shape index (κ2) is 5.89. The Balaban J connectivity index is 1.97. The van der Waals surface area contributed by atoms with E-state index in [-0.39, 0.29) is 5.69 Å². The summed E-state index contributed by atoms with van der Waals surface area (Å²) < 4.78 is 0. The van der Waals surface area contributed by atoms with E-state index in [4.69, 9.17) is 11.6 Å². The van der Waals surface area contributed by atoms with Gasteiger partial charge in [-0.2, -0.15) is 0 Å². The van der Waals surface area contributed by atoms with Crippen LogP contribution in [-0.4, -0.2) is 4.92 Å². The molecule has 0 unspecified atom stereocenters. The molecule has 2 aromatic rings. The fourth-order valence-electron chi connectivity index (χ4n) is 1.41. The van der Waals surface area contributed by atoms with E-state index in [1.54, 1.807) is 23.9 Å². The molecule has 0 aromatic heterocycles. The summed E-state index contributed by atoms with van der Waals surface area (Å²) in [6.07, 6.45) is 0. The fourth-order valence-corrected chi connectivity index (χ4v) is 2.39. The van der Waals surface area contributed by atoms with Gasteiger partial charge in [0, 0.05) is 27.8 Å². The topological polar surface area (TPSA) is 43.1 Å². The highest BCUT2D eigenvalue weighted by Crippen LogP contribution is 2.25. The molecule has 0 aliphatic heterocycles. The van der Waals surface area contributed by atoms with Crippen molar-refractivity contribution in [2.24, 2.45) is 0 Å². The number of nitro groups is 1. The standard InChI is InChI=1S/C13H10ClNO2S/c14-11-3-1-10(2-4-11)9-18-13-7-5-12(6-8-13)15(16)17/h1-8H,9H2. The zero-order valence-corrected chi connectivity index (χ0v) is 10.9. The molecule has 0 heterocycles. The molecule has 0 bridgehead atoms. The number of benzene rings is 2. The summed E-state index contributed by atoms with van der Waals surface area (Å²) in [4.78, 5) is 11.1. The molecule has 5 heteroatoms. The Morgan fingerprint density at radius 1 is 1.06 bits per heavy atom. The molecular formula is C13H10ClNO2S. The van der Waals surface area contributed by atoms with E-state index in [9.17, 15) is 10.1 Å². The maximum Gasteiger partial charge on any atom is 0.269 e. The minimum atomic E-state index is -0.395. The largest absolute Gasteiger partial charge is 0.269 e. The van der Waals surface area contributed by atoms with Gasteiger partial charge in [0.05, 0.1) is 4.92 Å². The molecule has 2 aromatic carbocycles. The highest BCUT2D eigenvalue weighted by Gasteiger charge is 2.04. The van der Waals surface area contributed by atoms with Gasteiger partial charge in [-0.25, -0.2) is 0 Å². The Hall–Kier alpha value is -1.52. The van der Waals surface area contributed by atoms with Crippen LogP contribution in [0.25, 0.3) is 0 Å². The van der Waals surface area contributed by atoms with Gasteiger partial charge in [-0.3, -0.25) is 10.1 Å². The van der Waals surface area contributed by atoms with Crippen molar-refractivity contribution in [3.63, 3.8) is 0 Å². The number of hydrogen-bond donors (Lipinski definition) is 0. The van der Waals surface area contributed by atoms with E-state index in [0.717, 1.165) is 15.7 Å². The molecule has 3 nitrogen and oxygen atoms in total. The molecule has 2 rings (SSSR count). The number of nitrogens with zero attached hydrogens (tertiary/aromatic N) is 1. The average Bonchev–Trinajstić information content (AvgIpc) is 2.38. The van der Waals surface area contributed by atoms with Crippen molar-refractivity contribution in [1.82, 2.24) is 0 Å². The lowest BCUT2D eigenvalue weighted by atomic mass is 10.2. The van der Waals surface area contributed by atoms with Crippen LogP contribution >= 0.6 is 23.4 Å². The third-order valence-corrected chi connectivity index (χ3v) is 3.70. The van der Waals surface area contributed by atoms with Gasteiger partial charge in [-0.1, -0.05) is 23.7 Å². The van der Waals surface area contributed by atoms with E-state index in [2.05, 4.69) is 0 Å². The lowest BCUT2D eigenvalue weighted by Gasteiger charge is -2.02. The van der Waals surface area contributed by atoms with Gasteiger partial charge in [0.15, 0.2) is 0 Å². The van der Waals surface area contributed by atoms with Crippen LogP contribution in [0.5, 0.6) is 0 Å². The highest BCUT2D eigenvalue weighted by atomic mass is 35.5. The van der Waals surface area contributed by atoms with Crippen molar-refractivity contribution < 1.29 is 4.92 Å². The molecule has 0 amide bonds. The molecule has 0 saturated heterocycles. The number of thioether (sulfide) groups is 1. The summed E-state index contributed by atoms with van der Waals surface area (Å²) in [5, 5.41) is 11.2.